The molecule has 7 heteroatoms. The topological polar surface area (TPSA) is 76.8 Å². The van der Waals surface area contributed by atoms with E-state index in [9.17, 15) is 4.79 Å². The van der Waals surface area contributed by atoms with E-state index in [1.807, 2.05) is 65.6 Å². The summed E-state index contributed by atoms with van der Waals surface area (Å²) >= 11 is 6.23. The number of nitrogen functional groups attached to an aromatic ring is 1. The number of carbonyl (C=O) groups excluding carboxylic acids is 1. The number of halogens is 1. The molecule has 0 spiro atoms. The van der Waals surface area contributed by atoms with Crippen LogP contribution >= 0.6 is 11.6 Å². The second-order valence-corrected chi connectivity index (χ2v) is 8.18. The first-order valence-electron chi connectivity index (χ1n) is 10.6. The highest BCUT2D eigenvalue weighted by atomic mass is 35.5. The van der Waals surface area contributed by atoms with Crippen molar-refractivity contribution < 1.29 is 14.3 Å². The fourth-order valence-electron chi connectivity index (χ4n) is 3.95. The summed E-state index contributed by atoms with van der Waals surface area (Å²) in [5.41, 5.74) is 10.5. The first kappa shape index (κ1) is 22.6. The van der Waals surface area contributed by atoms with Gasteiger partial charge in [-0.15, -0.1) is 0 Å². The number of rotatable bonds is 5. The first-order valence-corrected chi connectivity index (χ1v) is 11.0. The Hall–Kier alpha value is -3.64. The molecule has 1 unspecified atom stereocenters. The zero-order valence-electron chi connectivity index (χ0n) is 18.5. The number of nitrogens with two attached hydrogens (primary N) is 1. The molecule has 0 saturated carbocycles. The van der Waals surface area contributed by atoms with Gasteiger partial charge in [0.15, 0.2) is 0 Å². The van der Waals surface area contributed by atoms with Gasteiger partial charge in [0.2, 0.25) is 0 Å². The van der Waals surface area contributed by atoms with Crippen molar-refractivity contribution in [1.82, 2.24) is 4.90 Å². The van der Waals surface area contributed by atoms with E-state index in [0.717, 1.165) is 28.2 Å². The molecule has 3 aromatic rings. The van der Waals surface area contributed by atoms with Crippen molar-refractivity contribution in [2.45, 2.75) is 12.5 Å². The fraction of sp³-hybridized carbons (Fsp3) is 0.192. The molecule has 1 aliphatic rings. The summed E-state index contributed by atoms with van der Waals surface area (Å²) in [4.78, 5) is 15.1. The lowest BCUT2D eigenvalue weighted by Crippen LogP contribution is -2.40. The van der Waals surface area contributed by atoms with Crippen LogP contribution in [0.25, 0.3) is 5.57 Å². The summed E-state index contributed by atoms with van der Waals surface area (Å²) in [6, 6.07) is 20.0. The molecule has 0 fully saturated rings. The second kappa shape index (κ2) is 9.88. The van der Waals surface area contributed by atoms with Gasteiger partial charge in [-0.3, -0.25) is 0 Å². The minimum Gasteiger partial charge on any atom is -0.497 e. The van der Waals surface area contributed by atoms with Crippen LogP contribution in [-0.4, -0.2) is 31.7 Å². The molecule has 0 saturated heterocycles. The van der Waals surface area contributed by atoms with E-state index >= 15 is 0 Å². The number of nitrogens with one attached hydrogen (secondary N) is 1. The zero-order chi connectivity index (χ0) is 23.4. The molecule has 1 atom stereocenters. The van der Waals surface area contributed by atoms with E-state index in [2.05, 4.69) is 11.4 Å². The molecule has 33 heavy (non-hydrogen) atoms. The molecule has 0 aliphatic carbocycles. The van der Waals surface area contributed by atoms with Crippen LogP contribution < -0.4 is 20.5 Å². The van der Waals surface area contributed by atoms with E-state index < -0.39 is 0 Å². The third-order valence-corrected chi connectivity index (χ3v) is 5.97. The molecular weight excluding hydrogens is 438 g/mol. The highest BCUT2D eigenvalue weighted by Gasteiger charge is 2.29. The maximum Gasteiger partial charge on any atom is 0.322 e. The lowest BCUT2D eigenvalue weighted by molar-refractivity contribution is 0.199. The van der Waals surface area contributed by atoms with Crippen molar-refractivity contribution in [2.75, 3.05) is 31.8 Å². The summed E-state index contributed by atoms with van der Waals surface area (Å²) in [6.45, 7) is 0.524. The maximum atomic E-state index is 13.3. The largest absolute Gasteiger partial charge is 0.497 e. The van der Waals surface area contributed by atoms with Gasteiger partial charge < -0.3 is 25.4 Å². The van der Waals surface area contributed by atoms with Crippen LogP contribution in [-0.2, 0) is 0 Å². The van der Waals surface area contributed by atoms with Crippen LogP contribution in [0.2, 0.25) is 5.02 Å². The molecule has 0 aromatic heterocycles. The van der Waals surface area contributed by atoms with E-state index in [4.69, 9.17) is 26.8 Å². The van der Waals surface area contributed by atoms with Gasteiger partial charge in [-0.25, -0.2) is 4.79 Å². The van der Waals surface area contributed by atoms with Crippen molar-refractivity contribution in [1.29, 1.82) is 0 Å². The third kappa shape index (κ3) is 5.07. The number of hydrogen-bond donors (Lipinski definition) is 2. The minimum absolute atomic E-state index is 0.185. The summed E-state index contributed by atoms with van der Waals surface area (Å²) < 4.78 is 10.5. The van der Waals surface area contributed by atoms with Gasteiger partial charge in [0.05, 0.1) is 20.3 Å². The monoisotopic (exact) mass is 463 g/mol. The molecule has 170 valence electrons. The smallest absolute Gasteiger partial charge is 0.322 e. The molecular formula is C26H26ClN3O3. The van der Waals surface area contributed by atoms with Crippen molar-refractivity contribution in [2.24, 2.45) is 0 Å². The van der Waals surface area contributed by atoms with Gasteiger partial charge in [0.25, 0.3) is 0 Å². The van der Waals surface area contributed by atoms with Gasteiger partial charge >= 0.3 is 6.03 Å². The van der Waals surface area contributed by atoms with Crippen molar-refractivity contribution in [3.63, 3.8) is 0 Å². The van der Waals surface area contributed by atoms with Crippen molar-refractivity contribution in [3.05, 3.63) is 89.0 Å². The molecule has 2 amide bonds. The lowest BCUT2D eigenvalue weighted by Gasteiger charge is -2.35. The average Bonchev–Trinajstić information content (AvgIpc) is 2.85. The molecule has 0 bridgehead atoms. The van der Waals surface area contributed by atoms with Crippen LogP contribution in [0.3, 0.4) is 0 Å². The molecule has 1 heterocycles. The van der Waals surface area contributed by atoms with Gasteiger partial charge in [-0.2, -0.15) is 0 Å². The number of benzene rings is 3. The maximum absolute atomic E-state index is 13.3. The minimum atomic E-state index is -0.281. The Balaban J connectivity index is 1.67. The Labute approximate surface area is 198 Å². The molecule has 1 aliphatic heterocycles. The standard InChI is InChI=1S/C26H26ClN3O3/c1-32-21-8-3-17(4-9-21)25-15-18(23-16-19(27)5-12-24(23)28)13-14-30(25)26(31)29-20-6-10-22(33-2)11-7-20/h3-12,15-16,25H,13-14,28H2,1-2H3,(H,29,31). The summed E-state index contributed by atoms with van der Waals surface area (Å²) in [7, 11) is 3.24. The predicted octanol–water partition coefficient (Wildman–Crippen LogP) is 6.00. The Morgan fingerprint density at radius 1 is 1.00 bits per heavy atom. The number of hydrogen-bond acceptors (Lipinski definition) is 4. The van der Waals surface area contributed by atoms with Gasteiger partial charge in [0.1, 0.15) is 11.5 Å². The molecule has 3 aromatic carbocycles. The number of methoxy groups -OCH3 is 2. The van der Waals surface area contributed by atoms with Crippen LogP contribution in [0.1, 0.15) is 23.6 Å². The number of carbonyl (C=O) groups is 1. The normalized spacial score (nSPS) is 15.5. The van der Waals surface area contributed by atoms with Gasteiger partial charge in [-0.05, 0) is 72.2 Å². The Bertz CT molecular complexity index is 1160. The SMILES string of the molecule is COc1ccc(NC(=O)N2CCC(c3cc(Cl)ccc3N)=CC2c2ccc(OC)cc2)cc1. The van der Waals surface area contributed by atoms with Gasteiger partial charge in [0, 0.05) is 28.5 Å². The highest BCUT2D eigenvalue weighted by Crippen LogP contribution is 2.37. The molecule has 3 N–H and O–H groups in total. The van der Waals surface area contributed by atoms with E-state index in [1.54, 1.807) is 20.3 Å². The predicted molar refractivity (Wildman–Crippen MR) is 133 cm³/mol. The average molecular weight is 464 g/mol. The van der Waals surface area contributed by atoms with Crippen LogP contribution in [0.15, 0.2) is 72.8 Å². The van der Waals surface area contributed by atoms with E-state index in [-0.39, 0.29) is 12.1 Å². The highest BCUT2D eigenvalue weighted by molar-refractivity contribution is 6.30. The number of ether oxygens (including phenoxy) is 2. The number of anilines is 2. The first-order chi connectivity index (χ1) is 16.0. The van der Waals surface area contributed by atoms with Crippen LogP contribution in [0.5, 0.6) is 11.5 Å². The second-order valence-electron chi connectivity index (χ2n) is 7.74. The number of urea groups is 1. The zero-order valence-corrected chi connectivity index (χ0v) is 19.3. The van der Waals surface area contributed by atoms with Crippen molar-refractivity contribution >= 4 is 34.6 Å². The quantitative estimate of drug-likeness (QED) is 0.455. The van der Waals surface area contributed by atoms with E-state index in [0.29, 0.717) is 29.4 Å². The van der Waals surface area contributed by atoms with E-state index in [1.165, 1.54) is 0 Å². The summed E-state index contributed by atoms with van der Waals surface area (Å²) in [5.74, 6) is 1.49. The summed E-state index contributed by atoms with van der Waals surface area (Å²) in [6.07, 6.45) is 2.74. The van der Waals surface area contributed by atoms with Crippen LogP contribution in [0, 0.1) is 0 Å². The van der Waals surface area contributed by atoms with Crippen molar-refractivity contribution in [3.8, 4) is 11.5 Å². The lowest BCUT2D eigenvalue weighted by atomic mass is 9.91. The molecule has 6 nitrogen and oxygen atoms in total. The van der Waals surface area contributed by atoms with Gasteiger partial charge in [-0.1, -0.05) is 29.8 Å². The number of amides is 2. The Morgan fingerprint density at radius 2 is 1.64 bits per heavy atom. The summed E-state index contributed by atoms with van der Waals surface area (Å²) in [5, 5.41) is 3.62. The Kier molecular flexibility index (Phi) is 6.75. The fourth-order valence-corrected chi connectivity index (χ4v) is 4.12. The molecule has 0 radical (unpaired) electrons. The Morgan fingerprint density at radius 3 is 2.27 bits per heavy atom. The van der Waals surface area contributed by atoms with Crippen LogP contribution in [0.4, 0.5) is 16.2 Å². The third-order valence-electron chi connectivity index (χ3n) is 5.74. The number of nitrogens with zero attached hydrogens (tertiary/aromatic N) is 1. The molecule has 4 rings (SSSR count).